The highest BCUT2D eigenvalue weighted by Crippen LogP contribution is 2.39. The third-order valence-electron chi connectivity index (χ3n) is 7.03. The Labute approximate surface area is 190 Å². The van der Waals surface area contributed by atoms with Gasteiger partial charge in [0.1, 0.15) is 11.6 Å². The molecule has 0 unspecified atom stereocenters. The number of likely N-dealkylation sites (tertiary alicyclic amines) is 1. The summed E-state index contributed by atoms with van der Waals surface area (Å²) in [7, 11) is 1.59. The summed E-state index contributed by atoms with van der Waals surface area (Å²) in [5.74, 6) is 1.72. The van der Waals surface area contributed by atoms with Gasteiger partial charge in [0.15, 0.2) is 0 Å². The number of carbonyl (C=O) groups excluding carboxylic acids is 1. The molecule has 0 aliphatic carbocycles. The molecule has 0 aromatic heterocycles. The van der Waals surface area contributed by atoms with Crippen molar-refractivity contribution in [1.82, 2.24) is 4.90 Å². The maximum atomic E-state index is 13.8. The second kappa shape index (κ2) is 9.62. The van der Waals surface area contributed by atoms with Gasteiger partial charge in [-0.2, -0.15) is 0 Å². The number of carbonyl (C=O) groups is 1. The van der Waals surface area contributed by atoms with Crippen LogP contribution in [0.1, 0.15) is 38.7 Å². The van der Waals surface area contributed by atoms with Crippen molar-refractivity contribution in [2.45, 2.75) is 39.5 Å². The number of rotatable bonds is 5. The van der Waals surface area contributed by atoms with E-state index in [9.17, 15) is 9.18 Å². The van der Waals surface area contributed by atoms with E-state index in [2.05, 4.69) is 30.9 Å². The zero-order valence-electron chi connectivity index (χ0n) is 19.4. The van der Waals surface area contributed by atoms with Crippen LogP contribution in [0.2, 0.25) is 0 Å². The van der Waals surface area contributed by atoms with Gasteiger partial charge in [0.25, 0.3) is 0 Å². The largest absolute Gasteiger partial charge is 0.496 e. The first kappa shape index (κ1) is 22.8. The molecule has 2 fully saturated rings. The van der Waals surface area contributed by atoms with Crippen molar-refractivity contribution in [2.24, 2.45) is 17.3 Å². The molecule has 1 amide bonds. The number of benzene rings is 2. The summed E-state index contributed by atoms with van der Waals surface area (Å²) in [6.45, 7) is 7.44. The van der Waals surface area contributed by atoms with Crippen LogP contribution < -0.4 is 4.74 Å². The molecule has 2 aromatic carbocycles. The van der Waals surface area contributed by atoms with E-state index in [4.69, 9.17) is 9.47 Å². The molecule has 0 saturated carbocycles. The fraction of sp³-hybridized carbons (Fsp3) is 0.519. The van der Waals surface area contributed by atoms with E-state index in [-0.39, 0.29) is 11.7 Å². The minimum atomic E-state index is -0.410. The van der Waals surface area contributed by atoms with Crippen LogP contribution in [0.15, 0.2) is 42.5 Å². The number of hydrogen-bond donors (Lipinski definition) is 0. The van der Waals surface area contributed by atoms with Gasteiger partial charge in [-0.15, -0.1) is 0 Å². The molecule has 2 saturated heterocycles. The Kier molecular flexibility index (Phi) is 6.85. The van der Waals surface area contributed by atoms with Gasteiger partial charge in [-0.05, 0) is 66.8 Å². The van der Waals surface area contributed by atoms with Crippen LogP contribution >= 0.6 is 0 Å². The summed E-state index contributed by atoms with van der Waals surface area (Å²) in [6, 6.07) is 12.7. The van der Waals surface area contributed by atoms with Gasteiger partial charge >= 0.3 is 0 Å². The van der Waals surface area contributed by atoms with Crippen LogP contribution in [0.25, 0.3) is 11.1 Å². The first-order valence-corrected chi connectivity index (χ1v) is 11.7. The molecule has 2 aromatic rings. The van der Waals surface area contributed by atoms with Gasteiger partial charge < -0.3 is 14.4 Å². The second-order valence-electron chi connectivity index (χ2n) is 9.77. The second-order valence-corrected chi connectivity index (χ2v) is 9.77. The number of hydrogen-bond acceptors (Lipinski definition) is 3. The zero-order chi connectivity index (χ0) is 22.7. The van der Waals surface area contributed by atoms with E-state index < -0.39 is 5.41 Å². The third-order valence-corrected chi connectivity index (χ3v) is 7.03. The Morgan fingerprint density at radius 2 is 1.75 bits per heavy atom. The van der Waals surface area contributed by atoms with Crippen LogP contribution in [-0.4, -0.2) is 44.2 Å². The number of methoxy groups -OCH3 is 1. The first-order valence-electron chi connectivity index (χ1n) is 11.7. The highest BCUT2D eigenvalue weighted by molar-refractivity contribution is 5.83. The summed E-state index contributed by atoms with van der Waals surface area (Å²) in [4.78, 5) is 15.9. The van der Waals surface area contributed by atoms with Crippen molar-refractivity contribution in [3.8, 4) is 16.9 Å². The first-order chi connectivity index (χ1) is 15.4. The standard InChI is InChI=1S/C27H34FNO3/c1-19-14-20(2)18-29(17-19)26(30)27(10-12-32-13-11-27)16-21-4-6-22(7-5-21)24-15-23(28)8-9-25(24)31-3/h4-9,15,19-20H,10-14,16-18H2,1-3H3/t19-,20+. The van der Waals surface area contributed by atoms with Gasteiger partial charge in [0, 0.05) is 31.9 Å². The van der Waals surface area contributed by atoms with Gasteiger partial charge in [-0.1, -0.05) is 38.1 Å². The van der Waals surface area contributed by atoms with E-state index in [1.54, 1.807) is 13.2 Å². The van der Waals surface area contributed by atoms with Crippen LogP contribution in [0.4, 0.5) is 4.39 Å². The number of nitrogens with zero attached hydrogens (tertiary/aromatic N) is 1. The zero-order valence-corrected chi connectivity index (χ0v) is 19.4. The van der Waals surface area contributed by atoms with E-state index in [0.29, 0.717) is 37.2 Å². The summed E-state index contributed by atoms with van der Waals surface area (Å²) < 4.78 is 24.9. The lowest BCUT2D eigenvalue weighted by Crippen LogP contribution is -2.52. The lowest BCUT2D eigenvalue weighted by atomic mass is 9.73. The van der Waals surface area contributed by atoms with Crippen molar-refractivity contribution in [3.63, 3.8) is 0 Å². The molecule has 172 valence electrons. The minimum absolute atomic E-state index is 0.287. The molecule has 0 bridgehead atoms. The highest BCUT2D eigenvalue weighted by atomic mass is 19.1. The lowest BCUT2D eigenvalue weighted by Gasteiger charge is -2.43. The number of amides is 1. The Balaban J connectivity index is 1.57. The Morgan fingerprint density at radius 1 is 1.09 bits per heavy atom. The predicted octanol–water partition coefficient (Wildman–Crippen LogP) is 5.35. The molecule has 2 aliphatic rings. The monoisotopic (exact) mass is 439 g/mol. The van der Waals surface area contributed by atoms with Crippen LogP contribution in [0.3, 0.4) is 0 Å². The van der Waals surface area contributed by atoms with E-state index in [1.165, 1.54) is 18.6 Å². The van der Waals surface area contributed by atoms with Crippen molar-refractivity contribution in [1.29, 1.82) is 0 Å². The average Bonchev–Trinajstić information content (AvgIpc) is 2.79. The number of piperidine rings is 1. The summed E-state index contributed by atoms with van der Waals surface area (Å²) >= 11 is 0. The lowest BCUT2D eigenvalue weighted by molar-refractivity contribution is -0.150. The molecule has 2 heterocycles. The van der Waals surface area contributed by atoms with Gasteiger partial charge in [0.2, 0.25) is 5.91 Å². The summed E-state index contributed by atoms with van der Waals surface area (Å²) in [5.41, 5.74) is 2.34. The maximum absolute atomic E-state index is 13.8. The fourth-order valence-electron chi connectivity index (χ4n) is 5.49. The normalized spacial score (nSPS) is 23.1. The van der Waals surface area contributed by atoms with Crippen molar-refractivity contribution < 1.29 is 18.7 Å². The van der Waals surface area contributed by atoms with Gasteiger partial charge in [-0.3, -0.25) is 4.79 Å². The highest BCUT2D eigenvalue weighted by Gasteiger charge is 2.43. The Bertz CT molecular complexity index is 926. The molecule has 4 rings (SSSR count). The van der Waals surface area contributed by atoms with Gasteiger partial charge in [0.05, 0.1) is 12.5 Å². The molecule has 0 radical (unpaired) electrons. The molecule has 5 heteroatoms. The third kappa shape index (κ3) is 4.83. The summed E-state index contributed by atoms with van der Waals surface area (Å²) in [5, 5.41) is 0. The van der Waals surface area contributed by atoms with Crippen LogP contribution in [0, 0.1) is 23.1 Å². The summed E-state index contributed by atoms with van der Waals surface area (Å²) in [6.07, 6.45) is 3.40. The Morgan fingerprint density at radius 3 is 2.38 bits per heavy atom. The van der Waals surface area contributed by atoms with E-state index in [1.807, 2.05) is 12.1 Å². The molecule has 4 nitrogen and oxygen atoms in total. The number of halogens is 1. The fourth-order valence-corrected chi connectivity index (χ4v) is 5.49. The van der Waals surface area contributed by atoms with Crippen molar-refractivity contribution in [2.75, 3.05) is 33.4 Å². The smallest absolute Gasteiger partial charge is 0.229 e. The average molecular weight is 440 g/mol. The van der Waals surface area contributed by atoms with Crippen molar-refractivity contribution >= 4 is 5.91 Å². The molecule has 0 spiro atoms. The van der Waals surface area contributed by atoms with Gasteiger partial charge in [-0.25, -0.2) is 4.39 Å². The molecule has 2 atom stereocenters. The quantitative estimate of drug-likeness (QED) is 0.631. The van der Waals surface area contributed by atoms with Crippen LogP contribution in [-0.2, 0) is 16.0 Å². The van der Waals surface area contributed by atoms with E-state index >= 15 is 0 Å². The SMILES string of the molecule is COc1ccc(F)cc1-c1ccc(CC2(C(=O)N3C[C@H](C)C[C@H](C)C3)CCOCC2)cc1. The van der Waals surface area contributed by atoms with Crippen LogP contribution in [0.5, 0.6) is 5.75 Å². The number of ether oxygens (including phenoxy) is 2. The van der Waals surface area contributed by atoms with E-state index in [0.717, 1.165) is 42.6 Å². The molecular weight excluding hydrogens is 405 g/mol. The topological polar surface area (TPSA) is 38.8 Å². The van der Waals surface area contributed by atoms with Crippen molar-refractivity contribution in [3.05, 3.63) is 53.8 Å². The molecule has 2 aliphatic heterocycles. The molecule has 32 heavy (non-hydrogen) atoms. The molecular formula is C27H34FNO3. The maximum Gasteiger partial charge on any atom is 0.229 e. The minimum Gasteiger partial charge on any atom is -0.496 e. The Hall–Kier alpha value is -2.40. The predicted molar refractivity (Wildman–Crippen MR) is 124 cm³/mol. The molecule has 0 N–H and O–H groups in total.